The number of aryl methyl sites for hydroxylation is 2. The van der Waals surface area contributed by atoms with Crippen molar-refractivity contribution >= 4 is 0 Å². The average Bonchev–Trinajstić information content (AvgIpc) is 3.24. The van der Waals surface area contributed by atoms with E-state index in [0.717, 1.165) is 28.0 Å². The molecule has 0 aromatic heterocycles. The second kappa shape index (κ2) is 7.60. The fraction of sp³-hybridized carbons (Fsp3) is 0.455. The molecule has 5 nitrogen and oxygen atoms in total. The van der Waals surface area contributed by atoms with Gasteiger partial charge in [0, 0.05) is 7.11 Å². The van der Waals surface area contributed by atoms with Gasteiger partial charge in [-0.05, 0) is 59.9 Å². The molecule has 2 fully saturated rings. The van der Waals surface area contributed by atoms with Gasteiger partial charge in [-0.3, -0.25) is 0 Å². The van der Waals surface area contributed by atoms with Crippen LogP contribution in [0.4, 0.5) is 0 Å². The topological polar surface area (TPSA) is 57.2 Å². The molecule has 1 N–H and O–H groups in total. The van der Waals surface area contributed by atoms with Crippen LogP contribution in [0.5, 0.6) is 5.75 Å². The summed E-state index contributed by atoms with van der Waals surface area (Å²) < 4.78 is 23.3. The van der Waals surface area contributed by atoms with Crippen LogP contribution in [0.3, 0.4) is 0 Å². The molecular formula is C22H26O5. The van der Waals surface area contributed by atoms with E-state index in [0.29, 0.717) is 13.2 Å². The Hall–Kier alpha value is -1.92. The van der Waals surface area contributed by atoms with E-state index < -0.39 is 0 Å². The van der Waals surface area contributed by atoms with E-state index in [1.807, 2.05) is 18.2 Å². The fourth-order valence-corrected chi connectivity index (χ4v) is 4.18. The Morgan fingerprint density at radius 1 is 1.00 bits per heavy atom. The van der Waals surface area contributed by atoms with Gasteiger partial charge in [0.2, 0.25) is 0 Å². The summed E-state index contributed by atoms with van der Waals surface area (Å²) in [5, 5.41) is 9.41. The summed E-state index contributed by atoms with van der Waals surface area (Å²) in [6.07, 6.45) is -0.287. The highest BCUT2D eigenvalue weighted by molar-refractivity contribution is 5.72. The highest BCUT2D eigenvalue weighted by Crippen LogP contribution is 2.35. The number of fused-ring (bicyclic) bond motifs is 1. The van der Waals surface area contributed by atoms with E-state index in [2.05, 4.69) is 32.0 Å². The zero-order valence-electron chi connectivity index (χ0n) is 16.0. The molecule has 144 valence electrons. The molecule has 0 radical (unpaired) electrons. The van der Waals surface area contributed by atoms with Crippen LogP contribution in [0.15, 0.2) is 36.4 Å². The van der Waals surface area contributed by atoms with Crippen molar-refractivity contribution in [3.05, 3.63) is 53.1 Å². The highest BCUT2D eigenvalue weighted by Gasteiger charge is 2.49. The van der Waals surface area contributed by atoms with Gasteiger partial charge in [-0.1, -0.05) is 18.2 Å². The maximum atomic E-state index is 9.41. The van der Waals surface area contributed by atoms with Gasteiger partial charge in [-0.25, -0.2) is 0 Å². The van der Waals surface area contributed by atoms with Crippen molar-refractivity contribution in [3.63, 3.8) is 0 Å². The Morgan fingerprint density at radius 3 is 2.33 bits per heavy atom. The Morgan fingerprint density at radius 2 is 1.67 bits per heavy atom. The minimum atomic E-state index is -0.127. The number of ether oxygens (including phenoxy) is 4. The lowest BCUT2D eigenvalue weighted by Crippen LogP contribution is -2.35. The standard InChI is InChI=1S/C22H26O5/c1-13-7-17(27-19-12-26-21-18(24-3)11-25-22(19)21)8-14(2)20(13)16-6-4-5-15(9-16)10-23/h4-9,18-19,21-23H,10-12H2,1-3H3/t18?,19-,21+,22?/m0/s1. The number of benzene rings is 2. The number of hydrogen-bond acceptors (Lipinski definition) is 5. The Bertz CT molecular complexity index is 795. The van der Waals surface area contributed by atoms with Gasteiger partial charge in [0.1, 0.15) is 24.1 Å². The monoisotopic (exact) mass is 370 g/mol. The van der Waals surface area contributed by atoms with Gasteiger partial charge in [0.05, 0.1) is 19.8 Å². The molecule has 0 aliphatic carbocycles. The Balaban J connectivity index is 1.56. The van der Waals surface area contributed by atoms with Crippen molar-refractivity contribution in [2.75, 3.05) is 20.3 Å². The number of hydrogen-bond donors (Lipinski definition) is 1. The zero-order chi connectivity index (χ0) is 19.0. The maximum Gasteiger partial charge on any atom is 0.151 e. The van der Waals surface area contributed by atoms with Gasteiger partial charge >= 0.3 is 0 Å². The summed E-state index contributed by atoms with van der Waals surface area (Å²) in [5.41, 5.74) is 5.46. The van der Waals surface area contributed by atoms with Crippen LogP contribution < -0.4 is 4.74 Å². The van der Waals surface area contributed by atoms with Gasteiger partial charge < -0.3 is 24.1 Å². The van der Waals surface area contributed by atoms with Crippen molar-refractivity contribution in [2.24, 2.45) is 0 Å². The molecule has 27 heavy (non-hydrogen) atoms. The largest absolute Gasteiger partial charge is 0.485 e. The van der Waals surface area contributed by atoms with Crippen molar-refractivity contribution in [2.45, 2.75) is 44.9 Å². The molecule has 0 saturated carbocycles. The summed E-state index contributed by atoms with van der Waals surface area (Å²) in [6.45, 7) is 5.26. The van der Waals surface area contributed by atoms with Crippen LogP contribution in [0.1, 0.15) is 16.7 Å². The predicted molar refractivity (Wildman–Crippen MR) is 102 cm³/mol. The van der Waals surface area contributed by atoms with E-state index >= 15 is 0 Å². The first-order valence-electron chi connectivity index (χ1n) is 9.34. The molecule has 0 spiro atoms. The summed E-state index contributed by atoms with van der Waals surface area (Å²) in [5.74, 6) is 0.825. The van der Waals surface area contributed by atoms with Crippen molar-refractivity contribution < 1.29 is 24.1 Å². The molecule has 2 aliphatic rings. The lowest BCUT2D eigenvalue weighted by atomic mass is 9.94. The van der Waals surface area contributed by atoms with Gasteiger partial charge in [0.25, 0.3) is 0 Å². The van der Waals surface area contributed by atoms with Crippen molar-refractivity contribution in [1.82, 2.24) is 0 Å². The molecule has 2 heterocycles. The fourth-order valence-electron chi connectivity index (χ4n) is 4.18. The summed E-state index contributed by atoms with van der Waals surface area (Å²) in [7, 11) is 1.69. The Kier molecular flexibility index (Phi) is 5.19. The second-order valence-electron chi connectivity index (χ2n) is 7.32. The molecule has 2 aromatic rings. The predicted octanol–water partition coefficient (Wildman–Crippen LogP) is 3.02. The first-order valence-corrected chi connectivity index (χ1v) is 9.34. The third-order valence-corrected chi connectivity index (χ3v) is 5.46. The van der Waals surface area contributed by atoms with Crippen LogP contribution >= 0.6 is 0 Å². The van der Waals surface area contributed by atoms with E-state index in [4.69, 9.17) is 18.9 Å². The summed E-state index contributed by atoms with van der Waals surface area (Å²) >= 11 is 0. The molecule has 4 rings (SSSR count). The smallest absolute Gasteiger partial charge is 0.151 e. The number of aliphatic hydroxyl groups is 1. The van der Waals surface area contributed by atoms with Crippen molar-refractivity contribution in [3.8, 4) is 16.9 Å². The number of aliphatic hydroxyl groups excluding tert-OH is 1. The SMILES string of the molecule is COC1COC2[C@@H]1OC[C@@H]2Oc1cc(C)c(-c2cccc(CO)c2)c(C)c1. The molecule has 5 heteroatoms. The second-order valence-corrected chi connectivity index (χ2v) is 7.32. The first kappa shape index (κ1) is 18.4. The van der Waals surface area contributed by atoms with E-state index in [9.17, 15) is 5.11 Å². The minimum Gasteiger partial charge on any atom is -0.485 e. The van der Waals surface area contributed by atoms with Crippen LogP contribution in [0.2, 0.25) is 0 Å². The van der Waals surface area contributed by atoms with Crippen LogP contribution in [0, 0.1) is 13.8 Å². The number of rotatable bonds is 5. The minimum absolute atomic E-state index is 0.0201. The van der Waals surface area contributed by atoms with Crippen LogP contribution in [-0.4, -0.2) is 49.8 Å². The third-order valence-electron chi connectivity index (χ3n) is 5.46. The van der Waals surface area contributed by atoms with E-state index in [-0.39, 0.29) is 31.0 Å². The lowest BCUT2D eigenvalue weighted by Gasteiger charge is -2.20. The molecular weight excluding hydrogens is 344 g/mol. The third kappa shape index (κ3) is 3.48. The quantitative estimate of drug-likeness (QED) is 0.877. The van der Waals surface area contributed by atoms with E-state index in [1.54, 1.807) is 7.11 Å². The maximum absolute atomic E-state index is 9.41. The first-order chi connectivity index (χ1) is 13.1. The normalized spacial score (nSPS) is 27.0. The average molecular weight is 370 g/mol. The van der Waals surface area contributed by atoms with Crippen LogP contribution in [0.25, 0.3) is 11.1 Å². The summed E-state index contributed by atoms with van der Waals surface area (Å²) in [4.78, 5) is 0. The van der Waals surface area contributed by atoms with Gasteiger partial charge in [-0.2, -0.15) is 0 Å². The zero-order valence-corrected chi connectivity index (χ0v) is 16.0. The molecule has 2 saturated heterocycles. The molecule has 2 unspecified atom stereocenters. The Labute approximate surface area is 159 Å². The number of methoxy groups -OCH3 is 1. The molecule has 0 bridgehead atoms. The lowest BCUT2D eigenvalue weighted by molar-refractivity contribution is -0.0138. The van der Waals surface area contributed by atoms with Crippen LogP contribution in [-0.2, 0) is 20.8 Å². The van der Waals surface area contributed by atoms with E-state index in [1.165, 1.54) is 5.56 Å². The summed E-state index contributed by atoms with van der Waals surface area (Å²) in [6, 6.07) is 12.1. The van der Waals surface area contributed by atoms with Gasteiger partial charge in [-0.15, -0.1) is 0 Å². The molecule has 4 atom stereocenters. The molecule has 2 aliphatic heterocycles. The van der Waals surface area contributed by atoms with Crippen molar-refractivity contribution in [1.29, 1.82) is 0 Å². The molecule has 2 aromatic carbocycles. The van der Waals surface area contributed by atoms with Gasteiger partial charge in [0.15, 0.2) is 6.10 Å². The highest BCUT2D eigenvalue weighted by atomic mass is 16.6. The molecule has 0 amide bonds.